The molecule has 292 valence electrons. The normalized spacial score (nSPS) is 18.7. The van der Waals surface area contributed by atoms with Crippen LogP contribution < -0.4 is 14.2 Å². The van der Waals surface area contributed by atoms with Gasteiger partial charge in [0.2, 0.25) is 0 Å². The van der Waals surface area contributed by atoms with Crippen LogP contribution in [0.3, 0.4) is 0 Å². The summed E-state index contributed by atoms with van der Waals surface area (Å²) in [4.78, 5) is 0. The average Bonchev–Trinajstić information content (AvgIpc) is 4.11. The molecule has 5 atom stereocenters. The first-order valence-electron chi connectivity index (χ1n) is 19.7. The number of phenols is 1. The first-order valence-corrected chi connectivity index (χ1v) is 19.7. The molecular weight excluding hydrogens is 677 g/mol. The highest BCUT2D eigenvalue weighted by atomic mass is 16.6. The lowest BCUT2D eigenvalue weighted by Crippen LogP contribution is -2.37. The minimum Gasteiger partial charge on any atom is -0.508 e. The van der Waals surface area contributed by atoms with Crippen LogP contribution >= 0.6 is 0 Å². The molecule has 0 radical (unpaired) electrons. The molecule has 0 aliphatic carbocycles. The summed E-state index contributed by atoms with van der Waals surface area (Å²) in [5.41, 5.74) is 3.65. The summed E-state index contributed by atoms with van der Waals surface area (Å²) >= 11 is 0. The molecule has 7 heteroatoms. The maximum Gasteiger partial charge on any atom is 0.120 e. The van der Waals surface area contributed by atoms with Crippen molar-refractivity contribution in [1.29, 1.82) is 0 Å². The van der Waals surface area contributed by atoms with E-state index in [9.17, 15) is 10.2 Å². The molecule has 6 rings (SSSR count). The van der Waals surface area contributed by atoms with E-state index in [0.717, 1.165) is 48.2 Å². The number of epoxide rings is 2. The fourth-order valence-electron chi connectivity index (χ4n) is 6.55. The smallest absolute Gasteiger partial charge is 0.120 e. The second-order valence-corrected chi connectivity index (χ2v) is 16.4. The second kappa shape index (κ2) is 18.1. The van der Waals surface area contributed by atoms with Crippen LogP contribution in [0.4, 0.5) is 0 Å². The van der Waals surface area contributed by atoms with Crippen molar-refractivity contribution in [3.63, 3.8) is 0 Å². The molecule has 5 unspecified atom stereocenters. The van der Waals surface area contributed by atoms with E-state index in [4.69, 9.17) is 23.7 Å². The van der Waals surface area contributed by atoms with Crippen molar-refractivity contribution in [3.05, 3.63) is 119 Å². The minimum absolute atomic E-state index is 0.172. The molecule has 0 amide bonds. The molecule has 2 aliphatic rings. The summed E-state index contributed by atoms with van der Waals surface area (Å²) in [7, 11) is 0. The van der Waals surface area contributed by atoms with E-state index in [1.807, 2.05) is 67.6 Å². The molecule has 54 heavy (non-hydrogen) atoms. The van der Waals surface area contributed by atoms with E-state index < -0.39 is 11.7 Å². The number of rotatable bonds is 18. The van der Waals surface area contributed by atoms with Gasteiger partial charge in [-0.25, -0.2) is 0 Å². The molecule has 2 N–H and O–H groups in total. The predicted octanol–water partition coefficient (Wildman–Crippen LogP) is 10.0. The van der Waals surface area contributed by atoms with Crippen molar-refractivity contribution in [2.75, 3.05) is 26.4 Å². The second-order valence-electron chi connectivity index (χ2n) is 16.4. The fraction of sp³-hybridized carbons (Fsp3) is 0.489. The standard InChI is InChI=1S/C40H48O6.C7H14O/c1-7-40(6,24-33(42)25-43-34-18-10-29(11-19-34)38(2,3)28-8-16-32(41)17-9-28)46-36-22-14-31(15-23-36)39(4,5)30-12-20-35(21-13-30)44-26-37-27-45-37;1-3-6(2)4-7-5-8-7/h8-23,33,37,41-42H,7,24-27H2,1-6H3;6-7H,3-5H2,1-2H3. The third-order valence-corrected chi connectivity index (χ3v) is 11.1. The molecule has 2 fully saturated rings. The number of phenolic OH excluding ortho intramolecular Hbond substituents is 1. The van der Waals surface area contributed by atoms with Crippen LogP contribution in [0.5, 0.6) is 23.0 Å². The number of hydrogen-bond acceptors (Lipinski definition) is 7. The van der Waals surface area contributed by atoms with Crippen molar-refractivity contribution >= 4 is 0 Å². The van der Waals surface area contributed by atoms with Crippen molar-refractivity contribution in [2.24, 2.45) is 5.92 Å². The van der Waals surface area contributed by atoms with E-state index in [-0.39, 0.29) is 29.3 Å². The van der Waals surface area contributed by atoms with Crippen molar-refractivity contribution in [1.82, 2.24) is 0 Å². The van der Waals surface area contributed by atoms with Crippen LogP contribution in [0.2, 0.25) is 0 Å². The minimum atomic E-state index is -0.694. The SMILES string of the molecule is CCC(C)(CC(O)COc1ccc(C(C)(C)c2ccc(O)cc2)cc1)Oc1ccc(C(C)(C)c2ccc(OCC3CO3)cc2)cc1.CCC(C)CC1CO1. The van der Waals surface area contributed by atoms with Gasteiger partial charge in [0.05, 0.1) is 25.4 Å². The molecule has 2 heterocycles. The molecule has 4 aromatic rings. The highest BCUT2D eigenvalue weighted by Gasteiger charge is 2.30. The molecule has 0 bridgehead atoms. The Balaban J connectivity index is 0.000000621. The molecule has 0 aromatic heterocycles. The van der Waals surface area contributed by atoms with Gasteiger partial charge in [-0.3, -0.25) is 0 Å². The van der Waals surface area contributed by atoms with Crippen LogP contribution in [-0.4, -0.2) is 60.6 Å². The van der Waals surface area contributed by atoms with Crippen molar-refractivity contribution in [2.45, 2.75) is 116 Å². The zero-order chi connectivity index (χ0) is 38.9. The topological polar surface area (TPSA) is 93.2 Å². The van der Waals surface area contributed by atoms with Gasteiger partial charge in [0.1, 0.15) is 47.9 Å². The largest absolute Gasteiger partial charge is 0.508 e. The van der Waals surface area contributed by atoms with Gasteiger partial charge in [-0.1, -0.05) is 103 Å². The third kappa shape index (κ3) is 11.7. The van der Waals surface area contributed by atoms with Crippen LogP contribution in [0.25, 0.3) is 0 Å². The number of ether oxygens (including phenoxy) is 5. The molecule has 0 spiro atoms. The maximum atomic E-state index is 10.9. The number of hydrogen-bond donors (Lipinski definition) is 2. The first-order chi connectivity index (χ1) is 25.7. The Labute approximate surface area is 323 Å². The zero-order valence-electron chi connectivity index (χ0n) is 33.6. The maximum absolute atomic E-state index is 10.9. The van der Waals surface area contributed by atoms with E-state index in [0.29, 0.717) is 24.9 Å². The molecule has 4 aromatic carbocycles. The van der Waals surface area contributed by atoms with Crippen molar-refractivity contribution in [3.8, 4) is 23.0 Å². The Morgan fingerprint density at radius 2 is 1.07 bits per heavy atom. The lowest BCUT2D eigenvalue weighted by molar-refractivity contribution is 0.00433. The monoisotopic (exact) mass is 738 g/mol. The number of aromatic hydroxyl groups is 1. The quantitative estimate of drug-likeness (QED) is 0.0982. The van der Waals surface area contributed by atoms with Gasteiger partial charge in [0.25, 0.3) is 0 Å². The van der Waals surface area contributed by atoms with Crippen LogP contribution in [-0.2, 0) is 20.3 Å². The number of aliphatic hydroxyl groups excluding tert-OH is 1. The van der Waals surface area contributed by atoms with Gasteiger partial charge in [-0.15, -0.1) is 0 Å². The lowest BCUT2D eigenvalue weighted by Gasteiger charge is -2.32. The summed E-state index contributed by atoms with van der Waals surface area (Å²) in [5, 5.41) is 20.6. The summed E-state index contributed by atoms with van der Waals surface area (Å²) in [5.74, 6) is 3.45. The molecule has 2 aliphatic heterocycles. The van der Waals surface area contributed by atoms with E-state index >= 15 is 0 Å². The highest BCUT2D eigenvalue weighted by Crippen LogP contribution is 2.36. The summed E-state index contributed by atoms with van der Waals surface area (Å²) in [6.45, 7) is 19.9. The third-order valence-electron chi connectivity index (χ3n) is 11.1. The van der Waals surface area contributed by atoms with Gasteiger partial charge in [0, 0.05) is 17.3 Å². The zero-order valence-corrected chi connectivity index (χ0v) is 33.6. The molecular formula is C47H62O7. The van der Waals surface area contributed by atoms with Gasteiger partial charge < -0.3 is 33.9 Å². The number of benzene rings is 4. The van der Waals surface area contributed by atoms with Gasteiger partial charge in [0.15, 0.2) is 0 Å². The predicted molar refractivity (Wildman–Crippen MR) is 216 cm³/mol. The summed E-state index contributed by atoms with van der Waals surface area (Å²) in [6.07, 6.45) is 3.91. The van der Waals surface area contributed by atoms with E-state index in [2.05, 4.69) is 72.7 Å². The number of aliphatic hydroxyl groups is 1. The summed E-state index contributed by atoms with van der Waals surface area (Å²) in [6, 6.07) is 31.9. The Hall–Kier alpha value is -4.04. The fourth-order valence-corrected chi connectivity index (χ4v) is 6.55. The van der Waals surface area contributed by atoms with E-state index in [1.54, 1.807) is 12.1 Å². The molecule has 0 saturated carbocycles. The van der Waals surface area contributed by atoms with Crippen LogP contribution in [0, 0.1) is 5.92 Å². The van der Waals surface area contributed by atoms with Gasteiger partial charge in [-0.2, -0.15) is 0 Å². The Morgan fingerprint density at radius 1 is 0.648 bits per heavy atom. The van der Waals surface area contributed by atoms with E-state index in [1.165, 1.54) is 24.0 Å². The highest BCUT2D eigenvalue weighted by molar-refractivity contribution is 5.43. The molecule has 7 nitrogen and oxygen atoms in total. The average molecular weight is 739 g/mol. The van der Waals surface area contributed by atoms with Gasteiger partial charge in [-0.05, 0) is 96.5 Å². The van der Waals surface area contributed by atoms with Gasteiger partial charge >= 0.3 is 0 Å². The van der Waals surface area contributed by atoms with Crippen LogP contribution in [0.15, 0.2) is 97.1 Å². The van der Waals surface area contributed by atoms with Crippen molar-refractivity contribution < 1.29 is 33.9 Å². The summed E-state index contributed by atoms with van der Waals surface area (Å²) < 4.78 is 28.5. The Morgan fingerprint density at radius 3 is 1.50 bits per heavy atom. The van der Waals surface area contributed by atoms with Crippen LogP contribution in [0.1, 0.15) is 103 Å². The molecule has 2 saturated heterocycles. The Bertz CT molecular complexity index is 1710. The lowest BCUT2D eigenvalue weighted by atomic mass is 9.78. The Kier molecular flexibility index (Phi) is 13.8. The first kappa shape index (κ1) is 41.1.